The van der Waals surface area contributed by atoms with Crippen molar-refractivity contribution < 1.29 is 19.4 Å². The highest BCUT2D eigenvalue weighted by Crippen LogP contribution is 2.51. The highest BCUT2D eigenvalue weighted by Gasteiger charge is 2.66. The number of hydrogen-bond donors (Lipinski definition) is 2. The zero-order chi connectivity index (χ0) is 19.7. The number of hydrogen-bond acceptors (Lipinski definition) is 4. The number of aryl methyl sites for hydroxylation is 1. The highest BCUT2D eigenvalue weighted by atomic mass is 32.1. The van der Waals surface area contributed by atoms with Gasteiger partial charge in [0.15, 0.2) is 0 Å². The lowest BCUT2D eigenvalue weighted by Gasteiger charge is -2.58. The SMILES string of the molecule is CCOC1CC(NC(=O)CCCc2csc3ccccc23)(C(=O)O)C1(C)C. The average Bonchev–Trinajstić information content (AvgIpc) is 3.03. The van der Waals surface area contributed by atoms with Crippen molar-refractivity contribution >= 4 is 33.3 Å². The summed E-state index contributed by atoms with van der Waals surface area (Å²) in [5.41, 5.74) is -0.649. The van der Waals surface area contributed by atoms with Crippen LogP contribution in [0.25, 0.3) is 10.1 Å². The van der Waals surface area contributed by atoms with Gasteiger partial charge in [0.25, 0.3) is 0 Å². The van der Waals surface area contributed by atoms with Gasteiger partial charge in [-0.1, -0.05) is 32.0 Å². The minimum atomic E-state index is -1.25. The van der Waals surface area contributed by atoms with E-state index in [0.717, 1.165) is 6.42 Å². The molecule has 146 valence electrons. The number of carbonyl (C=O) groups excluding carboxylic acids is 1. The Hall–Kier alpha value is -1.92. The molecule has 6 heteroatoms. The van der Waals surface area contributed by atoms with Crippen LogP contribution in [0.4, 0.5) is 0 Å². The summed E-state index contributed by atoms with van der Waals surface area (Å²) in [6, 6.07) is 8.25. The number of nitrogens with one attached hydrogen (secondary N) is 1. The van der Waals surface area contributed by atoms with E-state index in [0.29, 0.717) is 25.9 Å². The summed E-state index contributed by atoms with van der Waals surface area (Å²) in [5.74, 6) is -1.19. The maximum Gasteiger partial charge on any atom is 0.330 e. The number of rotatable bonds is 8. The van der Waals surface area contributed by atoms with Crippen molar-refractivity contribution in [2.45, 2.75) is 58.1 Å². The van der Waals surface area contributed by atoms with Gasteiger partial charge >= 0.3 is 5.97 Å². The molecule has 1 aliphatic carbocycles. The van der Waals surface area contributed by atoms with E-state index >= 15 is 0 Å². The predicted molar refractivity (Wildman–Crippen MR) is 107 cm³/mol. The van der Waals surface area contributed by atoms with Crippen LogP contribution >= 0.6 is 11.3 Å². The van der Waals surface area contributed by atoms with Crippen LogP contribution in [0.5, 0.6) is 0 Å². The summed E-state index contributed by atoms with van der Waals surface area (Å²) < 4.78 is 6.89. The van der Waals surface area contributed by atoms with Crippen LogP contribution in [0.3, 0.4) is 0 Å². The lowest BCUT2D eigenvalue weighted by atomic mass is 9.54. The molecule has 2 unspecified atom stereocenters. The third kappa shape index (κ3) is 3.48. The van der Waals surface area contributed by atoms with Gasteiger partial charge in [-0.15, -0.1) is 11.3 Å². The number of aliphatic carboxylic acids is 1. The maximum absolute atomic E-state index is 12.5. The molecule has 0 spiro atoms. The largest absolute Gasteiger partial charge is 0.479 e. The second kappa shape index (κ2) is 7.60. The van der Waals surface area contributed by atoms with Crippen molar-refractivity contribution in [2.75, 3.05) is 6.61 Å². The molecule has 2 aromatic rings. The lowest BCUT2D eigenvalue weighted by molar-refractivity contribution is -0.194. The van der Waals surface area contributed by atoms with Gasteiger partial charge in [0, 0.05) is 29.6 Å². The van der Waals surface area contributed by atoms with Crippen LogP contribution in [0.2, 0.25) is 0 Å². The smallest absolute Gasteiger partial charge is 0.330 e. The molecule has 27 heavy (non-hydrogen) atoms. The van der Waals surface area contributed by atoms with Crippen LogP contribution in [0, 0.1) is 5.41 Å². The first-order valence-corrected chi connectivity index (χ1v) is 10.3. The molecular formula is C21H27NO4S. The van der Waals surface area contributed by atoms with Crippen LogP contribution in [-0.2, 0) is 20.7 Å². The summed E-state index contributed by atoms with van der Waals surface area (Å²) in [5, 5.41) is 16.0. The van der Waals surface area contributed by atoms with Gasteiger partial charge in [-0.3, -0.25) is 4.79 Å². The van der Waals surface area contributed by atoms with E-state index in [4.69, 9.17) is 4.74 Å². The Balaban J connectivity index is 1.59. The Morgan fingerprint density at radius 2 is 2.07 bits per heavy atom. The maximum atomic E-state index is 12.5. The van der Waals surface area contributed by atoms with E-state index in [1.165, 1.54) is 15.6 Å². The molecule has 1 fully saturated rings. The fourth-order valence-electron chi connectivity index (χ4n) is 4.00. The molecule has 1 aromatic heterocycles. The van der Waals surface area contributed by atoms with Crippen LogP contribution < -0.4 is 5.32 Å². The molecule has 0 aliphatic heterocycles. The van der Waals surface area contributed by atoms with Crippen molar-refractivity contribution in [2.24, 2.45) is 5.41 Å². The third-order valence-corrected chi connectivity index (χ3v) is 6.91. The molecule has 1 aliphatic rings. The van der Waals surface area contributed by atoms with Crippen molar-refractivity contribution in [1.29, 1.82) is 0 Å². The standard InChI is InChI=1S/C21H27NO4S/c1-4-26-17-12-21(19(24)25,20(17,2)3)22-18(23)11-7-8-14-13-27-16-10-6-5-9-15(14)16/h5-6,9-10,13,17H,4,7-8,11-12H2,1-3H3,(H,22,23)(H,24,25). The second-order valence-electron chi connectivity index (χ2n) is 7.74. The Bertz CT molecular complexity index is 844. The van der Waals surface area contributed by atoms with Crippen molar-refractivity contribution in [1.82, 2.24) is 5.32 Å². The quantitative estimate of drug-likeness (QED) is 0.716. The topological polar surface area (TPSA) is 75.6 Å². The van der Waals surface area contributed by atoms with Gasteiger partial charge in [0.2, 0.25) is 5.91 Å². The fraction of sp³-hybridized carbons (Fsp3) is 0.524. The summed E-state index contributed by atoms with van der Waals surface area (Å²) >= 11 is 1.71. The Morgan fingerprint density at radius 1 is 1.33 bits per heavy atom. The first-order valence-electron chi connectivity index (χ1n) is 9.43. The minimum absolute atomic E-state index is 0.156. The molecule has 2 N–H and O–H groups in total. The van der Waals surface area contributed by atoms with E-state index in [1.807, 2.05) is 32.9 Å². The third-order valence-electron chi connectivity index (χ3n) is 5.89. The number of thiophene rings is 1. The van der Waals surface area contributed by atoms with Crippen LogP contribution in [-0.4, -0.2) is 35.2 Å². The van der Waals surface area contributed by atoms with Gasteiger partial charge in [-0.2, -0.15) is 0 Å². The van der Waals surface area contributed by atoms with E-state index in [2.05, 4.69) is 22.8 Å². The minimum Gasteiger partial charge on any atom is -0.479 e. The number of amides is 1. The number of carbonyl (C=O) groups is 2. The molecule has 5 nitrogen and oxygen atoms in total. The molecule has 1 amide bonds. The zero-order valence-corrected chi connectivity index (χ0v) is 16.9. The number of carboxylic acid groups (broad SMARTS) is 1. The highest BCUT2D eigenvalue weighted by molar-refractivity contribution is 7.17. The van der Waals surface area contributed by atoms with Crippen molar-refractivity contribution in [3.05, 3.63) is 35.2 Å². The average molecular weight is 390 g/mol. The van der Waals surface area contributed by atoms with E-state index in [-0.39, 0.29) is 12.0 Å². The summed E-state index contributed by atoms with van der Waals surface area (Å²) in [6.45, 7) is 6.13. The normalized spacial score (nSPS) is 23.7. The molecule has 1 saturated carbocycles. The van der Waals surface area contributed by atoms with Gasteiger partial charge in [-0.25, -0.2) is 4.79 Å². The monoisotopic (exact) mass is 389 g/mol. The molecule has 3 rings (SSSR count). The van der Waals surface area contributed by atoms with Gasteiger partial charge in [0.05, 0.1) is 6.10 Å². The number of fused-ring (bicyclic) bond motifs is 1. The van der Waals surface area contributed by atoms with Gasteiger partial charge in [0.1, 0.15) is 5.54 Å². The number of benzene rings is 1. The van der Waals surface area contributed by atoms with E-state index < -0.39 is 16.9 Å². The molecule has 0 bridgehead atoms. The fourth-order valence-corrected chi connectivity index (χ4v) is 5.00. The summed E-state index contributed by atoms with van der Waals surface area (Å²) in [6.07, 6.45) is 1.97. The Kier molecular flexibility index (Phi) is 5.58. The van der Waals surface area contributed by atoms with Crippen LogP contribution in [0.15, 0.2) is 29.6 Å². The Morgan fingerprint density at radius 3 is 2.74 bits per heavy atom. The first-order chi connectivity index (χ1) is 12.8. The summed E-state index contributed by atoms with van der Waals surface area (Å²) in [7, 11) is 0. The van der Waals surface area contributed by atoms with E-state index in [9.17, 15) is 14.7 Å². The molecule has 1 heterocycles. The second-order valence-corrected chi connectivity index (χ2v) is 8.65. The molecule has 0 saturated heterocycles. The van der Waals surface area contributed by atoms with Gasteiger partial charge < -0.3 is 15.2 Å². The molecule has 1 aromatic carbocycles. The number of ether oxygens (including phenoxy) is 1. The van der Waals surface area contributed by atoms with E-state index in [1.54, 1.807) is 11.3 Å². The van der Waals surface area contributed by atoms with Crippen molar-refractivity contribution in [3.63, 3.8) is 0 Å². The van der Waals surface area contributed by atoms with Gasteiger partial charge in [-0.05, 0) is 42.2 Å². The lowest BCUT2D eigenvalue weighted by Crippen LogP contribution is -2.76. The zero-order valence-electron chi connectivity index (χ0n) is 16.1. The first kappa shape index (κ1) is 19.8. The summed E-state index contributed by atoms with van der Waals surface area (Å²) in [4.78, 5) is 24.4. The van der Waals surface area contributed by atoms with Crippen molar-refractivity contribution in [3.8, 4) is 0 Å². The molecule has 0 radical (unpaired) electrons. The number of carboxylic acids is 1. The molecule has 2 atom stereocenters. The van der Waals surface area contributed by atoms with Crippen LogP contribution in [0.1, 0.15) is 45.6 Å². The molecular weight excluding hydrogens is 362 g/mol. The Labute approximate surface area is 163 Å². The predicted octanol–water partition coefficient (Wildman–Crippen LogP) is 4.00.